The normalized spacial score (nSPS) is 17.6. The molecule has 1 fully saturated rings. The second-order valence-electron chi connectivity index (χ2n) is 4.75. The number of nitrogens with zero attached hydrogens (tertiary/aromatic N) is 3. The highest BCUT2D eigenvalue weighted by Gasteiger charge is 2.32. The van der Waals surface area contributed by atoms with Crippen LogP contribution < -0.4 is 0 Å². The molecule has 0 spiro atoms. The van der Waals surface area contributed by atoms with E-state index in [4.69, 9.17) is 5.26 Å². The molecule has 0 N–H and O–H groups in total. The molecule has 0 radical (unpaired) electrons. The van der Waals surface area contributed by atoms with Gasteiger partial charge in [-0.25, -0.2) is 13.4 Å². The maximum atomic E-state index is 12.5. The molecule has 0 aliphatic carbocycles. The molecule has 1 aliphatic heterocycles. The summed E-state index contributed by atoms with van der Waals surface area (Å²) in [4.78, 5) is 15.0. The lowest BCUT2D eigenvalue weighted by atomic mass is 9.95. The Morgan fingerprint density at radius 1 is 1.45 bits per heavy atom. The Hall–Kier alpha value is -1.78. The molecule has 20 heavy (non-hydrogen) atoms. The predicted octanol–water partition coefficient (Wildman–Crippen LogP) is 0.943. The van der Waals surface area contributed by atoms with Crippen molar-refractivity contribution in [1.82, 2.24) is 9.29 Å². The van der Waals surface area contributed by atoms with E-state index in [9.17, 15) is 13.2 Å². The summed E-state index contributed by atoms with van der Waals surface area (Å²) >= 11 is 0. The van der Waals surface area contributed by atoms with Gasteiger partial charge in [0.15, 0.2) is 5.69 Å². The molecule has 2 heterocycles. The summed E-state index contributed by atoms with van der Waals surface area (Å²) in [6.45, 7) is 2.13. The van der Waals surface area contributed by atoms with E-state index >= 15 is 0 Å². The number of piperidine rings is 1. The molecule has 1 aliphatic rings. The first kappa shape index (κ1) is 14.6. The summed E-state index contributed by atoms with van der Waals surface area (Å²) < 4.78 is 26.3. The fraction of sp³-hybridized carbons (Fsp3) is 0.462. The van der Waals surface area contributed by atoms with Crippen LogP contribution in [0.1, 0.15) is 25.5 Å². The number of pyridine rings is 1. The van der Waals surface area contributed by atoms with Gasteiger partial charge in [-0.05, 0) is 31.9 Å². The van der Waals surface area contributed by atoms with Crippen molar-refractivity contribution in [2.45, 2.75) is 24.7 Å². The maximum absolute atomic E-state index is 12.5. The Labute approximate surface area is 118 Å². The van der Waals surface area contributed by atoms with E-state index in [0.717, 1.165) is 0 Å². The van der Waals surface area contributed by atoms with Crippen LogP contribution >= 0.6 is 0 Å². The van der Waals surface area contributed by atoms with E-state index < -0.39 is 10.0 Å². The van der Waals surface area contributed by atoms with Gasteiger partial charge in [0, 0.05) is 25.2 Å². The third kappa shape index (κ3) is 2.71. The van der Waals surface area contributed by atoms with Crippen LogP contribution in [0.15, 0.2) is 23.2 Å². The Kier molecular flexibility index (Phi) is 4.16. The van der Waals surface area contributed by atoms with Crippen LogP contribution in [0.4, 0.5) is 0 Å². The molecule has 1 aromatic heterocycles. The lowest BCUT2D eigenvalue weighted by molar-refractivity contribution is -0.121. The number of carbonyl (C=O) groups is 1. The highest BCUT2D eigenvalue weighted by atomic mass is 32.2. The highest BCUT2D eigenvalue weighted by molar-refractivity contribution is 7.89. The number of ketones is 1. The molecular formula is C13H15N3O3S. The monoisotopic (exact) mass is 293 g/mol. The Morgan fingerprint density at radius 2 is 2.10 bits per heavy atom. The second-order valence-corrected chi connectivity index (χ2v) is 6.66. The third-order valence-electron chi connectivity index (χ3n) is 3.52. The minimum Gasteiger partial charge on any atom is -0.300 e. The second kappa shape index (κ2) is 5.69. The molecule has 6 nitrogen and oxygen atoms in total. The van der Waals surface area contributed by atoms with E-state index in [1.165, 1.54) is 29.6 Å². The fourth-order valence-electron chi connectivity index (χ4n) is 2.32. The standard InChI is InChI=1S/C13H15N3O3S/c1-10(17)11-4-7-16(8-5-11)20(18,19)13-3-2-6-15-12(13)9-14/h2-3,6,11H,4-5,7-8H2,1H3. The minimum absolute atomic E-state index is 0.0641. The van der Waals surface area contributed by atoms with Gasteiger partial charge in [0.2, 0.25) is 10.0 Å². The Bertz CT molecular complexity index is 656. The predicted molar refractivity (Wildman–Crippen MR) is 71.1 cm³/mol. The minimum atomic E-state index is -3.72. The summed E-state index contributed by atoms with van der Waals surface area (Å²) in [5, 5.41) is 8.95. The van der Waals surface area contributed by atoms with Crippen molar-refractivity contribution in [3.8, 4) is 6.07 Å². The molecule has 0 saturated carbocycles. The van der Waals surface area contributed by atoms with E-state index in [1.807, 2.05) is 0 Å². The lowest BCUT2D eigenvalue weighted by Crippen LogP contribution is -2.40. The van der Waals surface area contributed by atoms with E-state index in [1.54, 1.807) is 6.07 Å². The van der Waals surface area contributed by atoms with Crippen LogP contribution in [0.5, 0.6) is 0 Å². The molecule has 1 aromatic rings. The Balaban J connectivity index is 2.25. The fourth-order valence-corrected chi connectivity index (χ4v) is 3.89. The number of rotatable bonds is 3. The molecule has 106 valence electrons. The number of sulfonamides is 1. The van der Waals surface area contributed by atoms with Gasteiger partial charge in [-0.3, -0.25) is 4.79 Å². The van der Waals surface area contributed by atoms with Crippen LogP contribution in [0.25, 0.3) is 0 Å². The van der Waals surface area contributed by atoms with Gasteiger partial charge < -0.3 is 0 Å². The van der Waals surface area contributed by atoms with Gasteiger partial charge >= 0.3 is 0 Å². The van der Waals surface area contributed by atoms with Crippen molar-refractivity contribution in [1.29, 1.82) is 5.26 Å². The van der Waals surface area contributed by atoms with Crippen LogP contribution in [0, 0.1) is 17.2 Å². The van der Waals surface area contributed by atoms with Crippen molar-refractivity contribution < 1.29 is 13.2 Å². The number of carbonyl (C=O) groups excluding carboxylic acids is 1. The topological polar surface area (TPSA) is 91.1 Å². The van der Waals surface area contributed by atoms with Crippen molar-refractivity contribution in [3.05, 3.63) is 24.0 Å². The lowest BCUT2D eigenvalue weighted by Gasteiger charge is -2.30. The van der Waals surface area contributed by atoms with Crippen LogP contribution in [0.3, 0.4) is 0 Å². The molecule has 0 amide bonds. The first-order chi connectivity index (χ1) is 9.46. The molecule has 7 heteroatoms. The number of hydrogen-bond acceptors (Lipinski definition) is 5. The van der Waals surface area contributed by atoms with Crippen LogP contribution in [0.2, 0.25) is 0 Å². The molecule has 0 aromatic carbocycles. The summed E-state index contributed by atoms with van der Waals surface area (Å²) in [6, 6.07) is 4.68. The number of nitriles is 1. The van der Waals surface area contributed by atoms with E-state index in [-0.39, 0.29) is 22.3 Å². The number of hydrogen-bond donors (Lipinski definition) is 0. The largest absolute Gasteiger partial charge is 0.300 e. The van der Waals surface area contributed by atoms with Gasteiger partial charge in [0.25, 0.3) is 0 Å². The number of aromatic nitrogens is 1. The zero-order valence-electron chi connectivity index (χ0n) is 11.1. The molecular weight excluding hydrogens is 278 g/mol. The van der Waals surface area contributed by atoms with Crippen LogP contribution in [-0.2, 0) is 14.8 Å². The zero-order chi connectivity index (χ0) is 14.8. The molecule has 0 atom stereocenters. The number of Topliss-reactive ketones (excluding diaryl/α,β-unsaturated/α-hetero) is 1. The quantitative estimate of drug-likeness (QED) is 0.827. The summed E-state index contributed by atoms with van der Waals surface area (Å²) in [5.74, 6) is 0.0342. The first-order valence-corrected chi connectivity index (χ1v) is 7.76. The summed E-state index contributed by atoms with van der Waals surface area (Å²) in [5.41, 5.74) is -0.0961. The van der Waals surface area contributed by atoms with Gasteiger partial charge in [-0.1, -0.05) is 0 Å². The van der Waals surface area contributed by atoms with Crippen molar-refractivity contribution in [2.75, 3.05) is 13.1 Å². The van der Waals surface area contributed by atoms with E-state index in [2.05, 4.69) is 4.98 Å². The van der Waals surface area contributed by atoms with Gasteiger partial charge in [-0.2, -0.15) is 9.57 Å². The van der Waals surface area contributed by atoms with Crippen molar-refractivity contribution in [3.63, 3.8) is 0 Å². The smallest absolute Gasteiger partial charge is 0.245 e. The van der Waals surface area contributed by atoms with Gasteiger partial charge in [0.05, 0.1) is 0 Å². The molecule has 2 rings (SSSR count). The van der Waals surface area contributed by atoms with Gasteiger partial charge in [-0.15, -0.1) is 0 Å². The average Bonchev–Trinajstić information content (AvgIpc) is 2.47. The average molecular weight is 293 g/mol. The Morgan fingerprint density at radius 3 is 2.65 bits per heavy atom. The van der Waals surface area contributed by atoms with Crippen molar-refractivity contribution >= 4 is 15.8 Å². The maximum Gasteiger partial charge on any atom is 0.245 e. The highest BCUT2D eigenvalue weighted by Crippen LogP contribution is 2.25. The third-order valence-corrected chi connectivity index (χ3v) is 5.45. The summed E-state index contributed by atoms with van der Waals surface area (Å²) in [6.07, 6.45) is 2.44. The molecule has 0 unspecified atom stereocenters. The molecule has 1 saturated heterocycles. The zero-order valence-corrected chi connectivity index (χ0v) is 11.9. The van der Waals surface area contributed by atoms with Crippen LogP contribution in [-0.4, -0.2) is 36.6 Å². The molecule has 0 bridgehead atoms. The van der Waals surface area contributed by atoms with E-state index in [0.29, 0.717) is 25.9 Å². The van der Waals surface area contributed by atoms with Crippen molar-refractivity contribution in [2.24, 2.45) is 5.92 Å². The summed E-state index contributed by atoms with van der Waals surface area (Å²) in [7, 11) is -3.72. The van der Waals surface area contributed by atoms with Gasteiger partial charge in [0.1, 0.15) is 16.7 Å². The SMILES string of the molecule is CC(=O)C1CCN(S(=O)(=O)c2cccnc2C#N)CC1. The first-order valence-electron chi connectivity index (χ1n) is 6.32.